The Morgan fingerprint density at radius 3 is 2.26 bits per heavy atom. The molecular formula is C40H23N5S. The molecule has 5 nitrogen and oxygen atoms in total. The lowest BCUT2D eigenvalue weighted by Gasteiger charge is -2.27. The maximum Gasteiger partial charge on any atom is 0.133 e. The van der Waals surface area contributed by atoms with Gasteiger partial charge in [0.25, 0.3) is 0 Å². The van der Waals surface area contributed by atoms with Crippen molar-refractivity contribution in [3.8, 4) is 17.8 Å². The topological polar surface area (TPSA) is 76.9 Å². The molecule has 3 heterocycles. The van der Waals surface area contributed by atoms with Crippen LogP contribution in [0.25, 0.3) is 47.7 Å². The van der Waals surface area contributed by atoms with Gasteiger partial charge in [-0.15, -0.1) is 11.3 Å². The van der Waals surface area contributed by atoms with Gasteiger partial charge in [-0.1, -0.05) is 78.9 Å². The predicted octanol–water partition coefficient (Wildman–Crippen LogP) is 9.86. The molecule has 214 valence electrons. The molecule has 0 amide bonds. The van der Waals surface area contributed by atoms with Crippen LogP contribution in [0.2, 0.25) is 0 Å². The Hall–Kier alpha value is -6.21. The fraction of sp³-hybridized carbons (Fsp3) is 0.0250. The Morgan fingerprint density at radius 1 is 0.630 bits per heavy atom. The number of fused-ring (bicyclic) bond motifs is 7. The smallest absolute Gasteiger partial charge is 0.133 e. The van der Waals surface area contributed by atoms with E-state index in [0.29, 0.717) is 17.0 Å². The predicted molar refractivity (Wildman–Crippen MR) is 188 cm³/mol. The fourth-order valence-electron chi connectivity index (χ4n) is 6.80. The summed E-state index contributed by atoms with van der Waals surface area (Å²) in [6.07, 6.45) is 0. The van der Waals surface area contributed by atoms with Crippen LogP contribution >= 0.6 is 11.3 Å². The summed E-state index contributed by atoms with van der Waals surface area (Å²) in [4.78, 5) is 5.14. The van der Waals surface area contributed by atoms with E-state index in [9.17, 15) is 10.5 Å². The van der Waals surface area contributed by atoms with E-state index < -0.39 is 6.04 Å². The number of para-hydroxylation sites is 1. The zero-order valence-electron chi connectivity index (χ0n) is 24.4. The van der Waals surface area contributed by atoms with Gasteiger partial charge in [0.15, 0.2) is 0 Å². The SMILES string of the molecule is N#Cc1ccc2c(c1)NC(c1ccccc1)=NC2c1ccc(-n2c3ccccc3c3cc4c(cc32)sc2ccccc24)cc1C#N. The molecule has 0 saturated carbocycles. The van der Waals surface area contributed by atoms with Gasteiger partial charge in [-0.05, 0) is 54.1 Å². The summed E-state index contributed by atoms with van der Waals surface area (Å²) in [6, 6.07) is 47.6. The molecule has 0 aliphatic carbocycles. The molecule has 0 saturated heterocycles. The minimum Gasteiger partial charge on any atom is -0.340 e. The summed E-state index contributed by atoms with van der Waals surface area (Å²) in [6.45, 7) is 0. The van der Waals surface area contributed by atoms with Crippen molar-refractivity contribution in [1.82, 2.24) is 4.57 Å². The number of rotatable bonds is 3. The lowest BCUT2D eigenvalue weighted by Crippen LogP contribution is -2.22. The molecule has 1 aliphatic rings. The molecule has 0 fully saturated rings. The quantitative estimate of drug-likeness (QED) is 0.218. The number of aliphatic imine (C=N–C) groups is 1. The van der Waals surface area contributed by atoms with Gasteiger partial charge in [-0.2, -0.15) is 10.5 Å². The summed E-state index contributed by atoms with van der Waals surface area (Å²) >= 11 is 1.81. The van der Waals surface area contributed by atoms with Crippen molar-refractivity contribution in [2.75, 3.05) is 5.32 Å². The van der Waals surface area contributed by atoms with E-state index in [2.05, 4.69) is 88.8 Å². The zero-order chi connectivity index (χ0) is 30.8. The molecule has 8 aromatic rings. The second-order valence-electron chi connectivity index (χ2n) is 11.5. The highest BCUT2D eigenvalue weighted by Gasteiger charge is 2.27. The van der Waals surface area contributed by atoms with E-state index in [4.69, 9.17) is 4.99 Å². The molecular weight excluding hydrogens is 583 g/mol. The van der Waals surface area contributed by atoms with Gasteiger partial charge < -0.3 is 9.88 Å². The van der Waals surface area contributed by atoms with Crippen LogP contribution in [0.4, 0.5) is 5.69 Å². The number of nitrogens with zero attached hydrogens (tertiary/aromatic N) is 4. The lowest BCUT2D eigenvalue weighted by atomic mass is 9.91. The van der Waals surface area contributed by atoms with Crippen molar-refractivity contribution in [3.63, 3.8) is 0 Å². The molecule has 1 N–H and O–H groups in total. The maximum atomic E-state index is 10.6. The molecule has 1 unspecified atom stereocenters. The van der Waals surface area contributed by atoms with Crippen LogP contribution in [0.3, 0.4) is 0 Å². The molecule has 1 aliphatic heterocycles. The van der Waals surface area contributed by atoms with E-state index in [1.807, 2.05) is 72.0 Å². The van der Waals surface area contributed by atoms with E-state index in [1.54, 1.807) is 0 Å². The molecule has 0 radical (unpaired) electrons. The third kappa shape index (κ3) is 3.95. The van der Waals surface area contributed by atoms with Gasteiger partial charge in [0.05, 0.1) is 34.3 Å². The van der Waals surface area contributed by atoms with Crippen molar-refractivity contribution in [2.24, 2.45) is 4.99 Å². The Balaban J connectivity index is 1.25. The third-order valence-corrected chi connectivity index (χ3v) is 10.1. The average Bonchev–Trinajstić information content (AvgIpc) is 3.64. The molecule has 0 spiro atoms. The van der Waals surface area contributed by atoms with E-state index in [-0.39, 0.29) is 0 Å². The number of nitrogens with one attached hydrogen (secondary N) is 1. The van der Waals surface area contributed by atoms with Gasteiger partial charge in [-0.25, -0.2) is 0 Å². The number of nitriles is 2. The monoisotopic (exact) mass is 605 g/mol. The highest BCUT2D eigenvalue weighted by Crippen LogP contribution is 2.42. The van der Waals surface area contributed by atoms with Gasteiger partial charge in [0, 0.05) is 53.4 Å². The Labute approximate surface area is 268 Å². The number of hydrogen-bond donors (Lipinski definition) is 1. The second kappa shape index (κ2) is 10.2. The molecule has 9 rings (SSSR count). The Morgan fingerprint density at radius 2 is 1.41 bits per heavy atom. The lowest BCUT2D eigenvalue weighted by molar-refractivity contribution is 0.858. The molecule has 46 heavy (non-hydrogen) atoms. The minimum absolute atomic E-state index is 0.417. The first-order chi connectivity index (χ1) is 22.7. The van der Waals surface area contributed by atoms with E-state index >= 15 is 0 Å². The van der Waals surface area contributed by atoms with E-state index in [1.165, 1.54) is 30.9 Å². The van der Waals surface area contributed by atoms with E-state index in [0.717, 1.165) is 39.1 Å². The summed E-state index contributed by atoms with van der Waals surface area (Å²) < 4.78 is 4.78. The van der Waals surface area contributed by atoms with Crippen LogP contribution in [0.15, 0.2) is 132 Å². The van der Waals surface area contributed by atoms with Crippen molar-refractivity contribution in [2.45, 2.75) is 6.04 Å². The van der Waals surface area contributed by atoms with Crippen LogP contribution in [0.5, 0.6) is 0 Å². The molecule has 0 bridgehead atoms. The first-order valence-corrected chi connectivity index (χ1v) is 15.8. The van der Waals surface area contributed by atoms with Gasteiger partial charge in [-0.3, -0.25) is 4.99 Å². The van der Waals surface area contributed by atoms with Gasteiger partial charge in [0.2, 0.25) is 0 Å². The Kier molecular flexibility index (Phi) is 5.80. The van der Waals surface area contributed by atoms with Gasteiger partial charge >= 0.3 is 0 Å². The average molecular weight is 606 g/mol. The number of aromatic nitrogens is 1. The summed E-state index contributed by atoms with van der Waals surface area (Å²) in [5.41, 5.74) is 7.75. The number of amidine groups is 1. The third-order valence-electron chi connectivity index (χ3n) is 8.92. The minimum atomic E-state index is -0.417. The molecule has 6 aromatic carbocycles. The maximum absolute atomic E-state index is 10.6. The summed E-state index contributed by atoms with van der Waals surface area (Å²) in [5.74, 6) is 0.705. The number of thiophene rings is 1. The van der Waals surface area contributed by atoms with Crippen LogP contribution in [-0.2, 0) is 0 Å². The number of benzene rings is 6. The number of hydrogen-bond acceptors (Lipinski definition) is 5. The summed E-state index contributed by atoms with van der Waals surface area (Å²) in [5, 5.41) is 28.5. The summed E-state index contributed by atoms with van der Waals surface area (Å²) in [7, 11) is 0. The van der Waals surface area contributed by atoms with Crippen LogP contribution in [0.1, 0.15) is 33.9 Å². The highest BCUT2D eigenvalue weighted by molar-refractivity contribution is 7.25. The molecule has 2 aromatic heterocycles. The normalized spacial score (nSPS) is 14.1. The first-order valence-electron chi connectivity index (χ1n) is 15.0. The van der Waals surface area contributed by atoms with Crippen LogP contribution in [0, 0.1) is 22.7 Å². The van der Waals surface area contributed by atoms with Crippen molar-refractivity contribution >= 4 is 64.8 Å². The van der Waals surface area contributed by atoms with Crippen LogP contribution in [-0.4, -0.2) is 10.4 Å². The Bertz CT molecular complexity index is 2650. The van der Waals surface area contributed by atoms with Gasteiger partial charge in [0.1, 0.15) is 11.9 Å². The largest absolute Gasteiger partial charge is 0.340 e. The van der Waals surface area contributed by atoms with Crippen molar-refractivity contribution in [3.05, 3.63) is 155 Å². The number of anilines is 1. The highest BCUT2D eigenvalue weighted by atomic mass is 32.1. The zero-order valence-corrected chi connectivity index (χ0v) is 25.2. The second-order valence-corrected chi connectivity index (χ2v) is 12.6. The van der Waals surface area contributed by atoms with Crippen LogP contribution < -0.4 is 5.32 Å². The van der Waals surface area contributed by atoms with Crippen molar-refractivity contribution in [1.29, 1.82) is 10.5 Å². The molecule has 1 atom stereocenters. The standard InChI is InChI=1S/C40H23N5S/c41-22-24-14-16-31-34(18-24)43-40(25-8-2-1-3-9-25)44-39(31)28-17-15-27(19-26(28)23-42)45-35-12-6-4-10-29(35)32-20-33-30-11-5-7-13-37(30)46-38(33)21-36(32)45/h1-21,39H,(H,43,44). The first kappa shape index (κ1) is 26.2. The molecule has 6 heteroatoms. The van der Waals surface area contributed by atoms with Crippen molar-refractivity contribution < 1.29 is 0 Å². The fourth-order valence-corrected chi connectivity index (χ4v) is 7.92.